The highest BCUT2D eigenvalue weighted by Crippen LogP contribution is 2.09. The first-order chi connectivity index (χ1) is 6.74. The summed E-state index contributed by atoms with van der Waals surface area (Å²) in [5.74, 6) is 0. The third-order valence-electron chi connectivity index (χ3n) is 2.26. The molecule has 0 saturated carbocycles. The average Bonchev–Trinajstić information content (AvgIpc) is 2.59. The summed E-state index contributed by atoms with van der Waals surface area (Å²) < 4.78 is 1.81. The van der Waals surface area contributed by atoms with Crippen molar-refractivity contribution in [2.75, 3.05) is 13.2 Å². The molecule has 0 fully saturated rings. The van der Waals surface area contributed by atoms with E-state index in [0.717, 1.165) is 19.4 Å². The van der Waals surface area contributed by atoms with Gasteiger partial charge in [0, 0.05) is 31.5 Å². The molecule has 1 unspecified atom stereocenters. The molecule has 0 aliphatic rings. The van der Waals surface area contributed by atoms with Gasteiger partial charge in [0.2, 0.25) is 0 Å². The van der Waals surface area contributed by atoms with Gasteiger partial charge in [0.15, 0.2) is 0 Å². The van der Waals surface area contributed by atoms with E-state index >= 15 is 0 Å². The molecule has 2 N–H and O–H groups in total. The summed E-state index contributed by atoms with van der Waals surface area (Å²) in [5, 5.41) is 16.1. The van der Waals surface area contributed by atoms with Gasteiger partial charge in [-0.2, -0.15) is 5.10 Å². The van der Waals surface area contributed by atoms with Gasteiger partial charge in [-0.3, -0.25) is 4.68 Å². The van der Waals surface area contributed by atoms with Crippen LogP contribution in [0.2, 0.25) is 0 Å². The number of unbranched alkanes of at least 4 members (excludes halogenated alkanes) is 1. The zero-order chi connectivity index (χ0) is 10.4. The van der Waals surface area contributed by atoms with Crippen LogP contribution < -0.4 is 5.32 Å². The van der Waals surface area contributed by atoms with E-state index in [1.165, 1.54) is 5.56 Å². The number of nitrogens with zero attached hydrogens (tertiary/aromatic N) is 2. The molecular formula is C10H19N3O. The first kappa shape index (κ1) is 11.2. The molecule has 1 atom stereocenters. The Hall–Kier alpha value is -0.870. The van der Waals surface area contributed by atoms with E-state index in [2.05, 4.69) is 17.3 Å². The normalized spacial score (nSPS) is 13.1. The fraction of sp³-hybridized carbons (Fsp3) is 0.700. The molecule has 4 nitrogen and oxygen atoms in total. The van der Waals surface area contributed by atoms with Crippen LogP contribution in [-0.4, -0.2) is 28.0 Å². The first-order valence-electron chi connectivity index (χ1n) is 5.07. The fourth-order valence-electron chi connectivity index (χ4n) is 1.34. The Bertz CT molecular complexity index is 260. The molecule has 1 rings (SSSR count). The lowest BCUT2D eigenvalue weighted by atomic mass is 10.2. The smallest absolute Gasteiger partial charge is 0.0537 e. The molecule has 0 saturated heterocycles. The Morgan fingerprint density at radius 2 is 2.36 bits per heavy atom. The van der Waals surface area contributed by atoms with Crippen LogP contribution >= 0.6 is 0 Å². The van der Waals surface area contributed by atoms with Crippen molar-refractivity contribution in [1.82, 2.24) is 15.1 Å². The van der Waals surface area contributed by atoms with Crippen LogP contribution in [0.15, 0.2) is 12.4 Å². The minimum absolute atomic E-state index is 0.281. The third kappa shape index (κ3) is 3.47. The lowest BCUT2D eigenvalue weighted by Gasteiger charge is -2.11. The van der Waals surface area contributed by atoms with E-state index in [1.54, 1.807) is 4.68 Å². The molecule has 0 aromatic carbocycles. The van der Waals surface area contributed by atoms with Gasteiger partial charge in [-0.05, 0) is 26.3 Å². The second kappa shape index (κ2) is 5.78. The van der Waals surface area contributed by atoms with Crippen LogP contribution in [0.4, 0.5) is 0 Å². The molecule has 4 heteroatoms. The van der Waals surface area contributed by atoms with Gasteiger partial charge < -0.3 is 10.4 Å². The molecule has 0 aliphatic heterocycles. The van der Waals surface area contributed by atoms with E-state index in [9.17, 15) is 0 Å². The summed E-state index contributed by atoms with van der Waals surface area (Å²) in [7, 11) is 1.92. The Balaban J connectivity index is 2.25. The molecule has 0 spiro atoms. The van der Waals surface area contributed by atoms with Gasteiger partial charge in [0.1, 0.15) is 0 Å². The molecule has 0 bridgehead atoms. The van der Waals surface area contributed by atoms with Crippen LogP contribution in [0.25, 0.3) is 0 Å². The average molecular weight is 197 g/mol. The quantitative estimate of drug-likeness (QED) is 0.664. The Labute approximate surface area is 84.9 Å². The predicted octanol–water partition coefficient (Wildman–Crippen LogP) is 0.843. The van der Waals surface area contributed by atoms with Gasteiger partial charge in [-0.1, -0.05) is 0 Å². The van der Waals surface area contributed by atoms with E-state index < -0.39 is 0 Å². The van der Waals surface area contributed by atoms with Crippen molar-refractivity contribution < 1.29 is 5.11 Å². The zero-order valence-electron chi connectivity index (χ0n) is 8.90. The Kier molecular flexibility index (Phi) is 4.62. The van der Waals surface area contributed by atoms with Crippen LogP contribution in [0.5, 0.6) is 0 Å². The van der Waals surface area contributed by atoms with Crippen LogP contribution in [-0.2, 0) is 7.05 Å². The maximum Gasteiger partial charge on any atom is 0.0537 e. The summed E-state index contributed by atoms with van der Waals surface area (Å²) in [6.07, 6.45) is 5.78. The van der Waals surface area contributed by atoms with E-state index in [4.69, 9.17) is 5.11 Å². The lowest BCUT2D eigenvalue weighted by molar-refractivity contribution is 0.283. The summed E-state index contributed by atoms with van der Waals surface area (Å²) in [6.45, 7) is 3.34. The van der Waals surface area contributed by atoms with Crippen molar-refractivity contribution in [2.45, 2.75) is 25.8 Å². The standard InChI is InChI=1S/C10H19N3O/c1-9(11-5-3-4-6-14)10-7-12-13(2)8-10/h7-9,11,14H,3-6H2,1-2H3. The van der Waals surface area contributed by atoms with Gasteiger partial charge in [0.25, 0.3) is 0 Å². The van der Waals surface area contributed by atoms with E-state index in [0.29, 0.717) is 6.04 Å². The number of aliphatic hydroxyl groups excluding tert-OH is 1. The van der Waals surface area contributed by atoms with Gasteiger partial charge >= 0.3 is 0 Å². The number of aliphatic hydroxyl groups is 1. The molecular weight excluding hydrogens is 178 g/mol. The second-order valence-electron chi connectivity index (χ2n) is 3.55. The van der Waals surface area contributed by atoms with Crippen LogP contribution in [0.1, 0.15) is 31.4 Å². The molecule has 1 heterocycles. The lowest BCUT2D eigenvalue weighted by Crippen LogP contribution is -2.19. The van der Waals surface area contributed by atoms with Crippen molar-refractivity contribution in [2.24, 2.45) is 7.05 Å². The van der Waals surface area contributed by atoms with Crippen molar-refractivity contribution in [3.8, 4) is 0 Å². The molecule has 1 aromatic rings. The highest BCUT2D eigenvalue weighted by Gasteiger charge is 2.05. The molecule has 0 aliphatic carbocycles. The van der Waals surface area contributed by atoms with Gasteiger partial charge in [-0.15, -0.1) is 0 Å². The number of rotatable bonds is 6. The first-order valence-corrected chi connectivity index (χ1v) is 5.07. The van der Waals surface area contributed by atoms with Crippen LogP contribution in [0, 0.1) is 0 Å². The van der Waals surface area contributed by atoms with Crippen molar-refractivity contribution in [3.05, 3.63) is 18.0 Å². The second-order valence-corrected chi connectivity index (χ2v) is 3.55. The summed E-state index contributed by atoms with van der Waals surface area (Å²) in [5.41, 5.74) is 1.21. The van der Waals surface area contributed by atoms with Crippen LogP contribution in [0.3, 0.4) is 0 Å². The minimum atomic E-state index is 0.281. The minimum Gasteiger partial charge on any atom is -0.396 e. The number of hydrogen-bond donors (Lipinski definition) is 2. The molecule has 0 radical (unpaired) electrons. The van der Waals surface area contributed by atoms with Crippen molar-refractivity contribution in [3.63, 3.8) is 0 Å². The predicted molar refractivity (Wildman–Crippen MR) is 55.9 cm³/mol. The molecule has 0 amide bonds. The third-order valence-corrected chi connectivity index (χ3v) is 2.26. The van der Waals surface area contributed by atoms with E-state index in [-0.39, 0.29) is 6.61 Å². The SMILES string of the molecule is CC(NCCCCO)c1cnn(C)c1. The maximum absolute atomic E-state index is 8.61. The zero-order valence-corrected chi connectivity index (χ0v) is 8.90. The number of aromatic nitrogens is 2. The number of nitrogens with one attached hydrogen (secondary N) is 1. The highest BCUT2D eigenvalue weighted by atomic mass is 16.2. The highest BCUT2D eigenvalue weighted by molar-refractivity contribution is 5.08. The summed E-state index contributed by atoms with van der Waals surface area (Å²) in [6, 6.07) is 0.336. The molecule has 14 heavy (non-hydrogen) atoms. The fourth-order valence-corrected chi connectivity index (χ4v) is 1.34. The maximum atomic E-state index is 8.61. The summed E-state index contributed by atoms with van der Waals surface area (Å²) >= 11 is 0. The largest absolute Gasteiger partial charge is 0.396 e. The molecule has 80 valence electrons. The number of aryl methyl sites for hydroxylation is 1. The summed E-state index contributed by atoms with van der Waals surface area (Å²) in [4.78, 5) is 0. The van der Waals surface area contributed by atoms with E-state index in [1.807, 2.05) is 19.4 Å². The number of hydrogen-bond acceptors (Lipinski definition) is 3. The Morgan fingerprint density at radius 3 is 2.93 bits per heavy atom. The van der Waals surface area contributed by atoms with Crippen molar-refractivity contribution in [1.29, 1.82) is 0 Å². The molecule has 1 aromatic heterocycles. The van der Waals surface area contributed by atoms with Gasteiger partial charge in [0.05, 0.1) is 6.20 Å². The monoisotopic (exact) mass is 197 g/mol. The topological polar surface area (TPSA) is 50.1 Å². The van der Waals surface area contributed by atoms with Crippen molar-refractivity contribution >= 4 is 0 Å². The Morgan fingerprint density at radius 1 is 1.57 bits per heavy atom. The van der Waals surface area contributed by atoms with Gasteiger partial charge in [-0.25, -0.2) is 0 Å².